The van der Waals surface area contributed by atoms with Crippen LogP contribution in [0.15, 0.2) is 48.7 Å². The summed E-state index contributed by atoms with van der Waals surface area (Å²) in [5, 5.41) is 3.84. The van der Waals surface area contributed by atoms with Crippen LogP contribution in [0.3, 0.4) is 0 Å². The fraction of sp³-hybridized carbons (Fsp3) is 0.429. The number of benzene rings is 1. The Balaban J connectivity index is 1.48. The largest absolute Gasteiger partial charge is 0.474 e. The monoisotopic (exact) mass is 372 g/mol. The van der Waals surface area contributed by atoms with Crippen LogP contribution in [0.1, 0.15) is 50.5 Å². The topological polar surface area (TPSA) is 51.2 Å². The first-order chi connectivity index (χ1) is 12.7. The van der Waals surface area contributed by atoms with Crippen molar-refractivity contribution in [2.45, 2.75) is 57.1 Å². The molecule has 0 aliphatic heterocycles. The SMILES string of the molecule is CCC(C(=O)NC1CCC(Oc2ccc(Cl)cn2)CC1)c1ccccc1. The fourth-order valence-corrected chi connectivity index (χ4v) is 3.60. The van der Waals surface area contributed by atoms with Crippen molar-refractivity contribution in [3.63, 3.8) is 0 Å². The third kappa shape index (κ3) is 4.98. The lowest BCUT2D eigenvalue weighted by Crippen LogP contribution is -2.41. The first-order valence-corrected chi connectivity index (χ1v) is 9.67. The molecule has 1 atom stereocenters. The molecule has 1 aromatic carbocycles. The quantitative estimate of drug-likeness (QED) is 0.797. The van der Waals surface area contributed by atoms with Gasteiger partial charge in [-0.3, -0.25) is 4.79 Å². The van der Waals surface area contributed by atoms with Crippen molar-refractivity contribution < 1.29 is 9.53 Å². The summed E-state index contributed by atoms with van der Waals surface area (Å²) >= 11 is 5.85. The van der Waals surface area contributed by atoms with Crippen LogP contribution in [0, 0.1) is 0 Å². The highest BCUT2D eigenvalue weighted by atomic mass is 35.5. The van der Waals surface area contributed by atoms with E-state index in [0.29, 0.717) is 10.9 Å². The summed E-state index contributed by atoms with van der Waals surface area (Å²) in [5.74, 6) is 0.655. The van der Waals surface area contributed by atoms with Gasteiger partial charge in [-0.15, -0.1) is 0 Å². The summed E-state index contributed by atoms with van der Waals surface area (Å²) in [7, 11) is 0. The Hall–Kier alpha value is -2.07. The van der Waals surface area contributed by atoms with Crippen LogP contribution >= 0.6 is 11.6 Å². The van der Waals surface area contributed by atoms with Gasteiger partial charge in [-0.2, -0.15) is 0 Å². The van der Waals surface area contributed by atoms with E-state index in [4.69, 9.17) is 16.3 Å². The van der Waals surface area contributed by atoms with Gasteiger partial charge in [0.15, 0.2) is 0 Å². The van der Waals surface area contributed by atoms with Crippen molar-refractivity contribution in [1.82, 2.24) is 10.3 Å². The zero-order chi connectivity index (χ0) is 18.4. The molecule has 3 rings (SSSR count). The normalized spacial score (nSPS) is 21.0. The maximum atomic E-state index is 12.7. The summed E-state index contributed by atoms with van der Waals surface area (Å²) in [6.45, 7) is 2.06. The highest BCUT2D eigenvalue weighted by Crippen LogP contribution is 2.25. The Morgan fingerprint density at radius 3 is 2.54 bits per heavy atom. The van der Waals surface area contributed by atoms with Gasteiger partial charge < -0.3 is 10.1 Å². The van der Waals surface area contributed by atoms with Crippen LogP contribution in [-0.2, 0) is 4.79 Å². The number of amides is 1. The Labute approximate surface area is 159 Å². The van der Waals surface area contributed by atoms with E-state index < -0.39 is 0 Å². The van der Waals surface area contributed by atoms with E-state index >= 15 is 0 Å². The second-order valence-electron chi connectivity index (χ2n) is 6.79. The summed E-state index contributed by atoms with van der Waals surface area (Å²) in [6.07, 6.45) is 6.22. The Bertz CT molecular complexity index is 698. The van der Waals surface area contributed by atoms with Gasteiger partial charge in [-0.1, -0.05) is 48.9 Å². The average molecular weight is 373 g/mol. The molecular formula is C21H25ClN2O2. The minimum Gasteiger partial charge on any atom is -0.474 e. The molecule has 0 spiro atoms. The maximum absolute atomic E-state index is 12.7. The molecule has 1 unspecified atom stereocenters. The Morgan fingerprint density at radius 2 is 1.92 bits per heavy atom. The number of rotatable bonds is 6. The maximum Gasteiger partial charge on any atom is 0.227 e. The molecule has 0 bridgehead atoms. The van der Waals surface area contributed by atoms with Crippen molar-refractivity contribution in [3.8, 4) is 5.88 Å². The van der Waals surface area contributed by atoms with Gasteiger partial charge in [0.25, 0.3) is 0 Å². The van der Waals surface area contributed by atoms with Gasteiger partial charge in [0, 0.05) is 18.3 Å². The summed E-state index contributed by atoms with van der Waals surface area (Å²) in [5.41, 5.74) is 1.08. The number of ether oxygens (including phenoxy) is 1. The number of hydrogen-bond acceptors (Lipinski definition) is 3. The molecule has 1 heterocycles. The van der Waals surface area contributed by atoms with Crippen molar-refractivity contribution in [2.24, 2.45) is 0 Å². The molecule has 1 saturated carbocycles. The zero-order valence-corrected chi connectivity index (χ0v) is 15.8. The molecule has 0 saturated heterocycles. The van der Waals surface area contributed by atoms with Crippen LogP contribution in [0.2, 0.25) is 5.02 Å². The van der Waals surface area contributed by atoms with Gasteiger partial charge in [-0.05, 0) is 43.7 Å². The minimum absolute atomic E-state index is 0.0801. The van der Waals surface area contributed by atoms with Crippen LogP contribution in [0.25, 0.3) is 0 Å². The predicted octanol–water partition coefficient (Wildman–Crippen LogP) is 4.74. The van der Waals surface area contributed by atoms with E-state index in [-0.39, 0.29) is 24.0 Å². The molecule has 1 aliphatic rings. The third-order valence-electron chi connectivity index (χ3n) is 4.93. The summed E-state index contributed by atoms with van der Waals surface area (Å²) < 4.78 is 5.92. The molecule has 0 radical (unpaired) electrons. The third-order valence-corrected chi connectivity index (χ3v) is 5.16. The van der Waals surface area contributed by atoms with E-state index in [1.54, 1.807) is 18.3 Å². The molecule has 1 fully saturated rings. The molecule has 2 aromatic rings. The molecule has 1 N–H and O–H groups in total. The number of carbonyl (C=O) groups excluding carboxylic acids is 1. The molecule has 1 amide bonds. The number of nitrogens with zero attached hydrogens (tertiary/aromatic N) is 1. The number of pyridine rings is 1. The molecule has 138 valence electrons. The molecule has 4 nitrogen and oxygen atoms in total. The first kappa shape index (κ1) is 18.7. The molecular weight excluding hydrogens is 348 g/mol. The van der Waals surface area contributed by atoms with Crippen LogP contribution < -0.4 is 10.1 Å². The van der Waals surface area contributed by atoms with E-state index in [0.717, 1.165) is 37.7 Å². The second kappa shape index (κ2) is 9.04. The highest BCUT2D eigenvalue weighted by molar-refractivity contribution is 6.30. The van der Waals surface area contributed by atoms with E-state index in [2.05, 4.69) is 17.2 Å². The number of carbonyl (C=O) groups is 1. The Morgan fingerprint density at radius 1 is 1.19 bits per heavy atom. The minimum atomic E-state index is -0.0801. The number of nitrogens with one attached hydrogen (secondary N) is 1. The lowest BCUT2D eigenvalue weighted by atomic mass is 9.91. The van der Waals surface area contributed by atoms with E-state index in [1.807, 2.05) is 30.3 Å². The van der Waals surface area contributed by atoms with Gasteiger partial charge in [-0.25, -0.2) is 4.98 Å². The lowest BCUT2D eigenvalue weighted by Gasteiger charge is -2.30. The molecule has 1 aliphatic carbocycles. The van der Waals surface area contributed by atoms with E-state index in [1.165, 1.54) is 0 Å². The zero-order valence-electron chi connectivity index (χ0n) is 15.0. The van der Waals surface area contributed by atoms with Gasteiger partial charge in [0.05, 0.1) is 10.9 Å². The number of hydrogen-bond donors (Lipinski definition) is 1. The first-order valence-electron chi connectivity index (χ1n) is 9.29. The number of halogens is 1. The van der Waals surface area contributed by atoms with Crippen molar-refractivity contribution in [3.05, 3.63) is 59.2 Å². The lowest BCUT2D eigenvalue weighted by molar-refractivity contribution is -0.123. The van der Waals surface area contributed by atoms with Crippen LogP contribution in [-0.4, -0.2) is 23.0 Å². The fourth-order valence-electron chi connectivity index (χ4n) is 3.49. The Kier molecular flexibility index (Phi) is 6.51. The van der Waals surface area contributed by atoms with Crippen molar-refractivity contribution >= 4 is 17.5 Å². The molecule has 1 aromatic heterocycles. The summed E-state index contributed by atoms with van der Waals surface area (Å²) in [4.78, 5) is 16.9. The smallest absolute Gasteiger partial charge is 0.227 e. The number of aromatic nitrogens is 1. The molecule has 5 heteroatoms. The van der Waals surface area contributed by atoms with Crippen molar-refractivity contribution in [1.29, 1.82) is 0 Å². The van der Waals surface area contributed by atoms with Gasteiger partial charge >= 0.3 is 0 Å². The average Bonchev–Trinajstić information content (AvgIpc) is 2.67. The predicted molar refractivity (Wildman–Crippen MR) is 104 cm³/mol. The molecule has 26 heavy (non-hydrogen) atoms. The van der Waals surface area contributed by atoms with Crippen LogP contribution in [0.5, 0.6) is 5.88 Å². The van der Waals surface area contributed by atoms with Gasteiger partial charge in [0.1, 0.15) is 6.10 Å². The highest BCUT2D eigenvalue weighted by Gasteiger charge is 2.26. The van der Waals surface area contributed by atoms with E-state index in [9.17, 15) is 4.79 Å². The van der Waals surface area contributed by atoms with Crippen LogP contribution in [0.4, 0.5) is 0 Å². The summed E-state index contributed by atoms with van der Waals surface area (Å²) in [6, 6.07) is 13.8. The van der Waals surface area contributed by atoms with Gasteiger partial charge in [0.2, 0.25) is 11.8 Å². The standard InChI is InChI=1S/C21H25ClN2O2/c1-2-19(15-6-4-3-5-7-15)21(25)24-17-9-11-18(12-10-17)26-20-13-8-16(22)14-23-20/h3-8,13-14,17-19H,2,9-12H2,1H3,(H,24,25). The van der Waals surface area contributed by atoms with Crippen molar-refractivity contribution in [2.75, 3.05) is 0 Å². The second-order valence-corrected chi connectivity index (χ2v) is 7.22.